The van der Waals surface area contributed by atoms with Gasteiger partial charge in [-0.2, -0.15) is 5.10 Å². The van der Waals surface area contributed by atoms with Crippen LogP contribution in [0.3, 0.4) is 0 Å². The first-order valence-electron chi connectivity index (χ1n) is 5.67. The molecule has 1 aliphatic carbocycles. The number of carbonyl (C=O) groups is 2. The number of nitrogens with zero attached hydrogens (tertiary/aromatic N) is 3. The molecule has 5 nitrogen and oxygen atoms in total. The molecule has 0 radical (unpaired) electrons. The summed E-state index contributed by atoms with van der Waals surface area (Å²) in [6.45, 7) is 0. The first-order valence-corrected chi connectivity index (χ1v) is 6.55. The molecule has 2 heterocycles. The maximum atomic E-state index is 12.1. The van der Waals surface area contributed by atoms with Crippen molar-refractivity contribution in [3.63, 3.8) is 0 Å². The average Bonchev–Trinajstić information content (AvgIpc) is 3.01. The standard InChI is InChI=1S/C12H11N3O2S/c16-8-4-9(11-2-1-3-18-11)12(10(17)5-8)15-7-13-6-14-15/h1-3,6-7,9,12H,4-5H2/t9-,12-/m1/s1. The van der Waals surface area contributed by atoms with Gasteiger partial charge in [0.2, 0.25) is 0 Å². The van der Waals surface area contributed by atoms with Gasteiger partial charge in [0, 0.05) is 17.2 Å². The Balaban J connectivity index is 2.01. The van der Waals surface area contributed by atoms with Crippen LogP contribution in [0.1, 0.15) is 29.7 Å². The number of thiophene rings is 1. The van der Waals surface area contributed by atoms with Crippen molar-refractivity contribution < 1.29 is 9.59 Å². The van der Waals surface area contributed by atoms with Gasteiger partial charge in [0.25, 0.3) is 0 Å². The molecule has 6 heteroatoms. The van der Waals surface area contributed by atoms with E-state index in [0.717, 1.165) is 4.88 Å². The van der Waals surface area contributed by atoms with Crippen molar-refractivity contribution in [2.24, 2.45) is 0 Å². The summed E-state index contributed by atoms with van der Waals surface area (Å²) in [4.78, 5) is 28.7. The number of ketones is 2. The van der Waals surface area contributed by atoms with Gasteiger partial charge in [0.05, 0.1) is 6.42 Å². The summed E-state index contributed by atoms with van der Waals surface area (Å²) in [5, 5.41) is 6.01. The number of carbonyl (C=O) groups excluding carboxylic acids is 2. The number of hydrogen-bond donors (Lipinski definition) is 0. The molecule has 0 spiro atoms. The molecule has 0 saturated heterocycles. The number of Topliss-reactive ketones (excluding diaryl/α,β-unsaturated/α-hetero) is 2. The predicted octanol–water partition coefficient (Wildman–Crippen LogP) is 1.60. The molecule has 18 heavy (non-hydrogen) atoms. The van der Waals surface area contributed by atoms with E-state index in [4.69, 9.17) is 0 Å². The Hall–Kier alpha value is -1.82. The third-order valence-electron chi connectivity index (χ3n) is 3.16. The van der Waals surface area contributed by atoms with Gasteiger partial charge >= 0.3 is 0 Å². The summed E-state index contributed by atoms with van der Waals surface area (Å²) in [7, 11) is 0. The van der Waals surface area contributed by atoms with Crippen LogP contribution in [0, 0.1) is 0 Å². The van der Waals surface area contributed by atoms with Gasteiger partial charge in [-0.3, -0.25) is 9.59 Å². The van der Waals surface area contributed by atoms with Crippen LogP contribution in [0.4, 0.5) is 0 Å². The maximum Gasteiger partial charge on any atom is 0.165 e. The molecule has 0 unspecified atom stereocenters. The molecule has 2 aromatic rings. The van der Waals surface area contributed by atoms with Gasteiger partial charge in [0.1, 0.15) is 24.5 Å². The molecule has 0 N–H and O–H groups in total. The lowest BCUT2D eigenvalue weighted by atomic mass is 9.82. The van der Waals surface area contributed by atoms with E-state index in [9.17, 15) is 9.59 Å². The normalized spacial score (nSPS) is 24.4. The fourth-order valence-corrected chi connectivity index (χ4v) is 3.26. The molecule has 92 valence electrons. The highest BCUT2D eigenvalue weighted by molar-refractivity contribution is 7.10. The highest BCUT2D eigenvalue weighted by atomic mass is 32.1. The second-order valence-electron chi connectivity index (χ2n) is 4.33. The van der Waals surface area contributed by atoms with E-state index in [1.807, 2.05) is 17.5 Å². The van der Waals surface area contributed by atoms with Crippen LogP contribution in [0.25, 0.3) is 0 Å². The number of rotatable bonds is 2. The van der Waals surface area contributed by atoms with Crippen molar-refractivity contribution >= 4 is 22.9 Å². The summed E-state index contributed by atoms with van der Waals surface area (Å²) in [6.07, 6.45) is 3.36. The topological polar surface area (TPSA) is 64.8 Å². The molecule has 1 saturated carbocycles. The lowest BCUT2D eigenvalue weighted by Crippen LogP contribution is -2.34. The molecule has 0 aromatic carbocycles. The first kappa shape index (κ1) is 11.3. The van der Waals surface area contributed by atoms with Crippen LogP contribution in [0.15, 0.2) is 30.2 Å². The van der Waals surface area contributed by atoms with Crippen LogP contribution in [0.5, 0.6) is 0 Å². The third-order valence-corrected chi connectivity index (χ3v) is 4.16. The second kappa shape index (κ2) is 4.45. The lowest BCUT2D eigenvalue weighted by Gasteiger charge is -2.28. The minimum absolute atomic E-state index is 0.00635. The van der Waals surface area contributed by atoms with Gasteiger partial charge in [0.15, 0.2) is 5.78 Å². The Morgan fingerprint density at radius 2 is 2.28 bits per heavy atom. The smallest absolute Gasteiger partial charge is 0.165 e. The van der Waals surface area contributed by atoms with E-state index >= 15 is 0 Å². The van der Waals surface area contributed by atoms with E-state index in [1.165, 1.54) is 6.33 Å². The minimum Gasteiger partial charge on any atom is -0.299 e. The molecule has 1 fully saturated rings. The summed E-state index contributed by atoms with van der Waals surface area (Å²) < 4.78 is 1.57. The van der Waals surface area contributed by atoms with Crippen molar-refractivity contribution in [2.75, 3.05) is 0 Å². The Labute approximate surface area is 107 Å². The monoisotopic (exact) mass is 261 g/mol. The minimum atomic E-state index is -0.399. The first-order chi connectivity index (χ1) is 8.75. The van der Waals surface area contributed by atoms with Gasteiger partial charge < -0.3 is 0 Å². The molecule has 0 aliphatic heterocycles. The lowest BCUT2D eigenvalue weighted by molar-refractivity contribution is -0.133. The molecular weight excluding hydrogens is 250 g/mol. The number of hydrogen-bond acceptors (Lipinski definition) is 5. The van der Waals surface area contributed by atoms with Gasteiger partial charge in [-0.1, -0.05) is 6.07 Å². The largest absolute Gasteiger partial charge is 0.299 e. The van der Waals surface area contributed by atoms with Crippen LogP contribution >= 0.6 is 11.3 Å². The van der Waals surface area contributed by atoms with E-state index in [0.29, 0.717) is 6.42 Å². The van der Waals surface area contributed by atoms with Gasteiger partial charge in [-0.05, 0) is 11.4 Å². The molecule has 2 atom stereocenters. The fourth-order valence-electron chi connectivity index (χ4n) is 2.40. The number of aromatic nitrogens is 3. The second-order valence-corrected chi connectivity index (χ2v) is 5.31. The third kappa shape index (κ3) is 1.88. The van der Waals surface area contributed by atoms with Crippen LogP contribution in [-0.4, -0.2) is 26.3 Å². The highest BCUT2D eigenvalue weighted by Crippen LogP contribution is 2.39. The van der Waals surface area contributed by atoms with Crippen LogP contribution in [-0.2, 0) is 9.59 Å². The maximum absolute atomic E-state index is 12.1. The van der Waals surface area contributed by atoms with Gasteiger partial charge in [-0.25, -0.2) is 9.67 Å². The summed E-state index contributed by atoms with van der Waals surface area (Å²) in [6, 6.07) is 3.50. The van der Waals surface area contributed by atoms with Crippen LogP contribution < -0.4 is 0 Å². The van der Waals surface area contributed by atoms with Crippen molar-refractivity contribution in [1.82, 2.24) is 14.8 Å². The molecule has 0 bridgehead atoms. The van der Waals surface area contributed by atoms with E-state index in [1.54, 1.807) is 22.3 Å². The Morgan fingerprint density at radius 1 is 1.39 bits per heavy atom. The summed E-state index contributed by atoms with van der Waals surface area (Å²) in [5.41, 5.74) is 0. The molecule has 0 amide bonds. The van der Waals surface area contributed by atoms with Crippen molar-refractivity contribution in [3.05, 3.63) is 35.0 Å². The predicted molar refractivity (Wildman–Crippen MR) is 65.4 cm³/mol. The zero-order valence-electron chi connectivity index (χ0n) is 9.52. The molecule has 3 rings (SSSR count). The van der Waals surface area contributed by atoms with E-state index in [-0.39, 0.29) is 23.9 Å². The quantitative estimate of drug-likeness (QED) is 0.770. The summed E-state index contributed by atoms with van der Waals surface area (Å²) >= 11 is 1.57. The molecule has 1 aliphatic rings. The van der Waals surface area contributed by atoms with Crippen molar-refractivity contribution in [1.29, 1.82) is 0 Å². The average molecular weight is 261 g/mol. The van der Waals surface area contributed by atoms with Gasteiger partial charge in [-0.15, -0.1) is 11.3 Å². The Bertz CT molecular complexity index is 562. The van der Waals surface area contributed by atoms with Crippen LogP contribution in [0.2, 0.25) is 0 Å². The zero-order chi connectivity index (χ0) is 12.5. The SMILES string of the molecule is O=C1CC(=O)[C@H](n2cncn2)[C@@H](c2cccs2)C1. The van der Waals surface area contributed by atoms with E-state index in [2.05, 4.69) is 10.1 Å². The van der Waals surface area contributed by atoms with Crippen molar-refractivity contribution in [2.45, 2.75) is 24.8 Å². The fraction of sp³-hybridized carbons (Fsp3) is 0.333. The van der Waals surface area contributed by atoms with Crippen molar-refractivity contribution in [3.8, 4) is 0 Å². The Morgan fingerprint density at radius 3 is 2.94 bits per heavy atom. The highest BCUT2D eigenvalue weighted by Gasteiger charge is 2.39. The van der Waals surface area contributed by atoms with E-state index < -0.39 is 6.04 Å². The zero-order valence-corrected chi connectivity index (χ0v) is 10.3. The Kier molecular flexibility index (Phi) is 2.79. The molecule has 2 aromatic heterocycles. The molecular formula is C12H11N3O2S. The summed E-state index contributed by atoms with van der Waals surface area (Å²) in [5.74, 6) is -0.176.